The fourth-order valence-electron chi connectivity index (χ4n) is 1.75. The molecule has 2 rings (SSSR count). The zero-order chi connectivity index (χ0) is 14.5. The summed E-state index contributed by atoms with van der Waals surface area (Å²) in [7, 11) is 0. The van der Waals surface area contributed by atoms with E-state index >= 15 is 0 Å². The lowest BCUT2D eigenvalue weighted by Gasteiger charge is -2.06. The first-order valence-electron chi connectivity index (χ1n) is 5.68. The van der Waals surface area contributed by atoms with Crippen LogP contribution in [0, 0.1) is 22.7 Å². The molecule has 5 nitrogen and oxygen atoms in total. The van der Waals surface area contributed by atoms with Crippen LogP contribution >= 0.6 is 0 Å². The van der Waals surface area contributed by atoms with Gasteiger partial charge < -0.3 is 9.67 Å². The van der Waals surface area contributed by atoms with E-state index in [1.807, 2.05) is 0 Å². The highest BCUT2D eigenvalue weighted by Crippen LogP contribution is 2.16. The zero-order valence-electron chi connectivity index (χ0n) is 10.3. The SMILES string of the molecule is N#CC(C#N)=Cc1cccn1-c1ccc(C(=O)O)cc1. The second kappa shape index (κ2) is 5.55. The van der Waals surface area contributed by atoms with Crippen LogP contribution in [0.3, 0.4) is 0 Å². The second-order valence-corrected chi connectivity index (χ2v) is 3.94. The summed E-state index contributed by atoms with van der Waals surface area (Å²) >= 11 is 0. The number of rotatable bonds is 3. The maximum atomic E-state index is 10.8. The molecule has 5 heteroatoms. The highest BCUT2D eigenvalue weighted by molar-refractivity contribution is 5.87. The smallest absolute Gasteiger partial charge is 0.335 e. The van der Waals surface area contributed by atoms with Gasteiger partial charge in [-0.1, -0.05) is 0 Å². The van der Waals surface area contributed by atoms with E-state index in [0.29, 0.717) is 5.69 Å². The predicted molar refractivity (Wildman–Crippen MR) is 71.9 cm³/mol. The number of carboxylic acids is 1. The molecule has 0 amide bonds. The monoisotopic (exact) mass is 263 g/mol. The van der Waals surface area contributed by atoms with E-state index in [1.165, 1.54) is 18.2 Å². The number of nitriles is 2. The molecular weight excluding hydrogens is 254 g/mol. The van der Waals surface area contributed by atoms with Gasteiger partial charge in [0, 0.05) is 17.6 Å². The Hall–Kier alpha value is -3.31. The number of aromatic carboxylic acids is 1. The van der Waals surface area contributed by atoms with Crippen LogP contribution in [-0.2, 0) is 0 Å². The van der Waals surface area contributed by atoms with Gasteiger partial charge >= 0.3 is 5.97 Å². The van der Waals surface area contributed by atoms with Crippen molar-refractivity contribution in [2.75, 3.05) is 0 Å². The number of carbonyl (C=O) groups is 1. The molecule has 1 aromatic heterocycles. The van der Waals surface area contributed by atoms with Crippen LogP contribution in [0.5, 0.6) is 0 Å². The van der Waals surface area contributed by atoms with Crippen molar-refractivity contribution in [3.8, 4) is 17.8 Å². The van der Waals surface area contributed by atoms with Gasteiger partial charge in [-0.25, -0.2) is 4.79 Å². The molecule has 20 heavy (non-hydrogen) atoms. The molecule has 0 atom stereocenters. The Morgan fingerprint density at radius 2 is 1.80 bits per heavy atom. The van der Waals surface area contributed by atoms with Gasteiger partial charge in [0.2, 0.25) is 0 Å². The van der Waals surface area contributed by atoms with Crippen LogP contribution < -0.4 is 0 Å². The van der Waals surface area contributed by atoms with Gasteiger partial charge in [-0.3, -0.25) is 0 Å². The molecule has 0 saturated heterocycles. The topological polar surface area (TPSA) is 89.8 Å². The van der Waals surface area contributed by atoms with Gasteiger partial charge in [-0.2, -0.15) is 10.5 Å². The summed E-state index contributed by atoms with van der Waals surface area (Å²) in [5, 5.41) is 26.4. The Bertz CT molecular complexity index is 740. The molecule has 0 spiro atoms. The first-order chi connectivity index (χ1) is 9.65. The van der Waals surface area contributed by atoms with Crippen molar-refractivity contribution < 1.29 is 9.90 Å². The Balaban J connectivity index is 2.43. The third-order valence-corrected chi connectivity index (χ3v) is 2.71. The van der Waals surface area contributed by atoms with Crippen molar-refractivity contribution >= 4 is 12.0 Å². The molecule has 0 fully saturated rings. The van der Waals surface area contributed by atoms with Crippen molar-refractivity contribution in [1.29, 1.82) is 10.5 Å². The first kappa shape index (κ1) is 13.1. The van der Waals surface area contributed by atoms with Gasteiger partial charge in [-0.05, 0) is 42.5 Å². The number of benzene rings is 1. The fraction of sp³-hybridized carbons (Fsp3) is 0. The lowest BCUT2D eigenvalue weighted by atomic mass is 10.2. The number of allylic oxidation sites excluding steroid dienone is 1. The predicted octanol–water partition coefficient (Wildman–Crippen LogP) is 2.61. The summed E-state index contributed by atoms with van der Waals surface area (Å²) in [6.07, 6.45) is 3.25. The number of hydrogen-bond acceptors (Lipinski definition) is 3. The normalized spacial score (nSPS) is 9.30. The zero-order valence-corrected chi connectivity index (χ0v) is 10.3. The number of carboxylic acid groups (broad SMARTS) is 1. The Morgan fingerprint density at radius 1 is 1.15 bits per heavy atom. The van der Waals surface area contributed by atoms with Crippen molar-refractivity contribution in [1.82, 2.24) is 4.57 Å². The third kappa shape index (κ3) is 2.58. The van der Waals surface area contributed by atoms with E-state index in [9.17, 15) is 4.79 Å². The summed E-state index contributed by atoms with van der Waals surface area (Å²) in [5.74, 6) is -0.986. The van der Waals surface area contributed by atoms with Crippen molar-refractivity contribution in [3.05, 3.63) is 59.4 Å². The van der Waals surface area contributed by atoms with Crippen LogP contribution in [0.1, 0.15) is 16.1 Å². The minimum atomic E-state index is -0.986. The standard InChI is InChI=1S/C15H9N3O2/c16-9-11(10-17)8-14-2-1-7-18(14)13-5-3-12(4-6-13)15(19)20/h1-8H,(H,19,20). The minimum Gasteiger partial charge on any atom is -0.478 e. The van der Waals surface area contributed by atoms with Gasteiger partial charge in [0.15, 0.2) is 0 Å². The van der Waals surface area contributed by atoms with Crippen LogP contribution in [0.2, 0.25) is 0 Å². The van der Waals surface area contributed by atoms with Gasteiger partial charge in [0.05, 0.1) is 5.56 Å². The van der Waals surface area contributed by atoms with Gasteiger partial charge in [-0.15, -0.1) is 0 Å². The average molecular weight is 263 g/mol. The molecule has 0 saturated carbocycles. The maximum absolute atomic E-state index is 10.8. The van der Waals surface area contributed by atoms with E-state index < -0.39 is 5.97 Å². The molecule has 96 valence electrons. The molecule has 0 radical (unpaired) electrons. The first-order valence-corrected chi connectivity index (χ1v) is 5.68. The van der Waals surface area contributed by atoms with Crippen LogP contribution in [0.4, 0.5) is 0 Å². The number of hydrogen-bond donors (Lipinski definition) is 1. The molecular formula is C15H9N3O2. The molecule has 0 bridgehead atoms. The molecule has 1 heterocycles. The van der Waals surface area contributed by atoms with Gasteiger partial charge in [0.1, 0.15) is 17.7 Å². The lowest BCUT2D eigenvalue weighted by molar-refractivity contribution is 0.0697. The largest absolute Gasteiger partial charge is 0.478 e. The second-order valence-electron chi connectivity index (χ2n) is 3.94. The van der Waals surface area contributed by atoms with Crippen molar-refractivity contribution in [3.63, 3.8) is 0 Å². The lowest BCUT2D eigenvalue weighted by Crippen LogP contribution is -1.99. The minimum absolute atomic E-state index is 0.00658. The van der Waals surface area contributed by atoms with E-state index in [1.54, 1.807) is 47.2 Å². The molecule has 0 aliphatic carbocycles. The van der Waals surface area contributed by atoms with E-state index in [-0.39, 0.29) is 11.1 Å². The van der Waals surface area contributed by atoms with Gasteiger partial charge in [0.25, 0.3) is 0 Å². The Morgan fingerprint density at radius 3 is 2.35 bits per heavy atom. The molecule has 0 aliphatic heterocycles. The summed E-state index contributed by atoms with van der Waals surface area (Å²) in [4.78, 5) is 10.8. The molecule has 0 aliphatic rings. The van der Waals surface area contributed by atoms with Crippen LogP contribution in [0.15, 0.2) is 48.2 Å². The van der Waals surface area contributed by atoms with E-state index in [0.717, 1.165) is 5.69 Å². The summed E-state index contributed by atoms with van der Waals surface area (Å²) in [6, 6.07) is 13.5. The van der Waals surface area contributed by atoms with E-state index in [2.05, 4.69) is 0 Å². The average Bonchev–Trinajstić information content (AvgIpc) is 2.92. The quantitative estimate of drug-likeness (QED) is 0.862. The molecule has 2 aromatic rings. The molecule has 1 N–H and O–H groups in total. The number of nitrogens with zero attached hydrogens (tertiary/aromatic N) is 3. The summed E-state index contributed by atoms with van der Waals surface area (Å²) < 4.78 is 1.76. The molecule has 1 aromatic carbocycles. The highest BCUT2D eigenvalue weighted by Gasteiger charge is 2.05. The Labute approximate surface area is 115 Å². The maximum Gasteiger partial charge on any atom is 0.335 e. The van der Waals surface area contributed by atoms with Crippen LogP contribution in [-0.4, -0.2) is 15.6 Å². The highest BCUT2D eigenvalue weighted by atomic mass is 16.4. The summed E-state index contributed by atoms with van der Waals surface area (Å²) in [6.45, 7) is 0. The molecule has 0 unspecified atom stereocenters. The van der Waals surface area contributed by atoms with E-state index in [4.69, 9.17) is 15.6 Å². The number of aromatic nitrogens is 1. The van der Waals surface area contributed by atoms with Crippen LogP contribution in [0.25, 0.3) is 11.8 Å². The van der Waals surface area contributed by atoms with Crippen molar-refractivity contribution in [2.24, 2.45) is 0 Å². The fourth-order valence-corrected chi connectivity index (χ4v) is 1.75. The van der Waals surface area contributed by atoms with Crippen molar-refractivity contribution in [2.45, 2.75) is 0 Å². The third-order valence-electron chi connectivity index (χ3n) is 2.71. The summed E-state index contributed by atoms with van der Waals surface area (Å²) in [5.41, 5.74) is 1.63. The Kier molecular flexibility index (Phi) is 3.65.